The molecule has 0 bridgehead atoms. The maximum absolute atomic E-state index is 14.2. The summed E-state index contributed by atoms with van der Waals surface area (Å²) in [4.78, 5) is 135. The summed E-state index contributed by atoms with van der Waals surface area (Å²) in [5, 5.41) is 56.2. The molecule has 0 aliphatic carbocycles. The maximum Gasteiger partial charge on any atom is 0.326 e. The second kappa shape index (κ2) is 28.9. The molecule has 26 nitrogen and oxygen atoms in total. The number of amides is 8. The van der Waals surface area contributed by atoms with Crippen LogP contribution in [-0.4, -0.2) is 147 Å². The zero-order chi connectivity index (χ0) is 52.9. The van der Waals surface area contributed by atoms with E-state index < -0.39 is 144 Å². The fourth-order valence-electron chi connectivity index (χ4n) is 6.50. The number of carboxylic acids is 2. The molecule has 0 fully saturated rings. The van der Waals surface area contributed by atoms with E-state index in [-0.39, 0.29) is 43.9 Å². The van der Waals surface area contributed by atoms with Gasteiger partial charge >= 0.3 is 11.9 Å². The number of aliphatic hydroxyl groups excluding tert-OH is 1. The van der Waals surface area contributed by atoms with Crippen LogP contribution in [0.2, 0.25) is 0 Å². The topological polar surface area (TPSA) is 452 Å². The number of carboxylic acid groups (broad SMARTS) is 2. The van der Waals surface area contributed by atoms with Gasteiger partial charge in [0.15, 0.2) is 5.96 Å². The van der Waals surface area contributed by atoms with Crippen molar-refractivity contribution >= 4 is 65.2 Å². The van der Waals surface area contributed by atoms with Crippen LogP contribution in [0.25, 0.3) is 0 Å². The molecule has 1 aromatic carbocycles. The number of primary amides is 1. The Bertz CT molecular complexity index is 1990. The molecule has 19 N–H and O–H groups in total. The van der Waals surface area contributed by atoms with Crippen molar-refractivity contribution in [2.45, 2.75) is 141 Å². The number of nitrogens with zero attached hydrogens (tertiary/aromatic N) is 1. The summed E-state index contributed by atoms with van der Waals surface area (Å²) in [6.07, 6.45) is -3.12. The average molecular weight is 979 g/mol. The third-order valence-corrected chi connectivity index (χ3v) is 10.7. The van der Waals surface area contributed by atoms with Gasteiger partial charge in [-0.3, -0.25) is 48.1 Å². The van der Waals surface area contributed by atoms with Crippen LogP contribution in [-0.2, 0) is 54.4 Å². The zero-order valence-corrected chi connectivity index (χ0v) is 39.8. The molecule has 1 rings (SSSR count). The fourth-order valence-corrected chi connectivity index (χ4v) is 6.50. The number of aliphatic hydroxyl groups is 1. The summed E-state index contributed by atoms with van der Waals surface area (Å²) in [5.41, 5.74) is 22.1. The minimum absolute atomic E-state index is 0.0566. The largest absolute Gasteiger partial charge is 0.508 e. The molecule has 69 heavy (non-hydrogen) atoms. The van der Waals surface area contributed by atoms with Crippen molar-refractivity contribution in [3.8, 4) is 5.75 Å². The lowest BCUT2D eigenvalue weighted by molar-refractivity contribution is -0.143. The molecule has 0 saturated heterocycles. The van der Waals surface area contributed by atoms with Gasteiger partial charge in [-0.05, 0) is 55.2 Å². The van der Waals surface area contributed by atoms with Gasteiger partial charge < -0.3 is 80.6 Å². The van der Waals surface area contributed by atoms with E-state index in [0.29, 0.717) is 5.56 Å². The van der Waals surface area contributed by atoms with Gasteiger partial charge in [0.2, 0.25) is 47.3 Å². The predicted octanol–water partition coefficient (Wildman–Crippen LogP) is -4.12. The van der Waals surface area contributed by atoms with E-state index in [1.807, 2.05) is 0 Å². The predicted molar refractivity (Wildman–Crippen MR) is 248 cm³/mol. The van der Waals surface area contributed by atoms with Gasteiger partial charge in [-0.15, -0.1) is 0 Å². The van der Waals surface area contributed by atoms with Crippen molar-refractivity contribution in [1.82, 2.24) is 37.2 Å². The number of aliphatic imine (C=N–C) groups is 1. The number of rotatable bonds is 30. The zero-order valence-electron chi connectivity index (χ0n) is 39.8. The van der Waals surface area contributed by atoms with Crippen molar-refractivity contribution in [2.75, 3.05) is 6.54 Å². The van der Waals surface area contributed by atoms with Crippen molar-refractivity contribution in [3.63, 3.8) is 0 Å². The Labute approximate surface area is 399 Å². The number of hydrogen-bond donors (Lipinski definition) is 15. The molecule has 0 spiro atoms. The van der Waals surface area contributed by atoms with Crippen LogP contribution in [0.3, 0.4) is 0 Å². The van der Waals surface area contributed by atoms with Crippen molar-refractivity contribution in [2.24, 2.45) is 45.7 Å². The first-order valence-corrected chi connectivity index (χ1v) is 22.2. The number of carbonyl (C=O) groups is 10. The molecule has 8 amide bonds. The highest BCUT2D eigenvalue weighted by Gasteiger charge is 2.38. The third kappa shape index (κ3) is 21.2. The van der Waals surface area contributed by atoms with E-state index in [0.717, 1.165) is 0 Å². The number of aliphatic carboxylic acids is 2. The second-order valence-electron chi connectivity index (χ2n) is 17.3. The number of benzene rings is 1. The number of carbonyl (C=O) groups excluding carboxylic acids is 8. The van der Waals surface area contributed by atoms with Gasteiger partial charge in [-0.1, -0.05) is 60.1 Å². The number of phenols is 1. The van der Waals surface area contributed by atoms with Gasteiger partial charge in [-0.2, -0.15) is 0 Å². The van der Waals surface area contributed by atoms with Crippen molar-refractivity contribution in [1.29, 1.82) is 0 Å². The van der Waals surface area contributed by atoms with Gasteiger partial charge in [0.1, 0.15) is 48.0 Å². The SMILES string of the molecule is CC[C@H](C)[C@H](NC(=O)[C@H](Cc1ccc(O)cc1)NC(=O)[C@H](CC(N)=O)NC(=O)[C@@H](NC(=O)[C@@H](NC(=O)[C@@H](N)CC(=O)O)C(C)C)C(C)C)C(=O)N[C@H](C(=O)N[C@@H](CCCN=C(N)N)C(=O)O)[C@@H](C)O. The molecule has 0 radical (unpaired) electrons. The highest BCUT2D eigenvalue weighted by molar-refractivity contribution is 5.99. The molecule has 0 saturated carbocycles. The Kier molecular flexibility index (Phi) is 25.1. The number of hydrogen-bond acceptors (Lipinski definition) is 14. The monoisotopic (exact) mass is 979 g/mol. The summed E-state index contributed by atoms with van der Waals surface area (Å²) >= 11 is 0. The number of aromatic hydroxyl groups is 1. The second-order valence-corrected chi connectivity index (χ2v) is 17.3. The smallest absolute Gasteiger partial charge is 0.326 e. The van der Waals surface area contributed by atoms with E-state index >= 15 is 0 Å². The third-order valence-electron chi connectivity index (χ3n) is 10.7. The summed E-state index contributed by atoms with van der Waals surface area (Å²) in [6.45, 7) is 10.7. The number of guanidine groups is 1. The number of nitrogens with one attached hydrogen (secondary N) is 7. The molecule has 0 unspecified atom stereocenters. The van der Waals surface area contributed by atoms with Crippen molar-refractivity contribution in [3.05, 3.63) is 29.8 Å². The molecule has 1 aromatic rings. The Hall–Kier alpha value is -7.09. The van der Waals surface area contributed by atoms with Crippen LogP contribution in [0.4, 0.5) is 0 Å². The molecule has 26 heteroatoms. The van der Waals surface area contributed by atoms with E-state index in [4.69, 9.17) is 28.0 Å². The highest BCUT2D eigenvalue weighted by Crippen LogP contribution is 2.15. The lowest BCUT2D eigenvalue weighted by Gasteiger charge is -2.30. The number of phenolic OH excluding ortho intramolecular Hbond substituents is 1. The van der Waals surface area contributed by atoms with Gasteiger partial charge in [0.25, 0.3) is 0 Å². The summed E-state index contributed by atoms with van der Waals surface area (Å²) in [7, 11) is 0. The summed E-state index contributed by atoms with van der Waals surface area (Å²) in [6, 6.07) is -6.70. The average Bonchev–Trinajstić information content (AvgIpc) is 3.25. The van der Waals surface area contributed by atoms with E-state index in [2.05, 4.69) is 42.2 Å². The van der Waals surface area contributed by atoms with Gasteiger partial charge in [0, 0.05) is 13.0 Å². The Morgan fingerprint density at radius 3 is 1.52 bits per heavy atom. The van der Waals surface area contributed by atoms with E-state index in [9.17, 15) is 63.3 Å². The summed E-state index contributed by atoms with van der Waals surface area (Å²) < 4.78 is 0. The molecule has 10 atom stereocenters. The Morgan fingerprint density at radius 1 is 0.594 bits per heavy atom. The van der Waals surface area contributed by atoms with Crippen LogP contribution >= 0.6 is 0 Å². The van der Waals surface area contributed by atoms with E-state index in [1.54, 1.807) is 41.5 Å². The van der Waals surface area contributed by atoms with E-state index in [1.165, 1.54) is 31.2 Å². The minimum Gasteiger partial charge on any atom is -0.508 e. The summed E-state index contributed by atoms with van der Waals surface area (Å²) in [5.74, 6) is -13.1. The molecule has 0 aliphatic rings. The standard InChI is InChI=1S/C43H70N12O14/c1-8-21(6)33(40(66)55-34(22(7)56)41(67)49-26(42(68)69)10-9-15-48-43(46)47)54-37(63)27(16-23-11-13-24(57)14-12-23)50-36(62)28(18-29(45)58)51-38(64)31(19(2)3)53-39(65)32(20(4)5)52-35(61)25(44)17-30(59)60/h11-14,19-22,25-28,31-34,56-57H,8-10,15-18,44H2,1-7H3,(H2,45,58)(H,49,67)(H,50,62)(H,51,64)(H,52,61)(H,53,65)(H,54,63)(H,55,66)(H,59,60)(H,68,69)(H4,46,47,48)/t21-,22+,25-,26-,27-,28-,31-,32-,33-,34-/m0/s1. The Morgan fingerprint density at radius 2 is 1.04 bits per heavy atom. The first-order chi connectivity index (χ1) is 32.1. The molecule has 0 aliphatic heterocycles. The first kappa shape index (κ1) is 59.9. The van der Waals surface area contributed by atoms with Crippen LogP contribution in [0.5, 0.6) is 5.75 Å². The quantitative estimate of drug-likeness (QED) is 0.0198. The lowest BCUT2D eigenvalue weighted by atomic mass is 9.96. The fraction of sp³-hybridized carbons (Fsp3) is 0.605. The number of nitrogens with two attached hydrogens (primary N) is 4. The molecule has 0 heterocycles. The van der Waals surface area contributed by atoms with Crippen LogP contribution in [0.1, 0.15) is 86.1 Å². The van der Waals surface area contributed by atoms with Crippen molar-refractivity contribution < 1.29 is 68.4 Å². The minimum atomic E-state index is -1.77. The lowest BCUT2D eigenvalue weighted by Crippen LogP contribution is -2.62. The first-order valence-electron chi connectivity index (χ1n) is 22.2. The van der Waals surface area contributed by atoms with Crippen LogP contribution in [0.15, 0.2) is 29.3 Å². The Balaban J connectivity index is 3.51. The molecule has 386 valence electrons. The highest BCUT2D eigenvalue weighted by atomic mass is 16.4. The van der Waals surface area contributed by atoms with Crippen LogP contribution in [0, 0.1) is 17.8 Å². The van der Waals surface area contributed by atoms with Gasteiger partial charge in [0.05, 0.1) is 25.0 Å². The molecular formula is C43H70N12O14. The molecule has 0 aromatic heterocycles. The molecular weight excluding hydrogens is 909 g/mol. The van der Waals surface area contributed by atoms with Crippen LogP contribution < -0.4 is 60.2 Å². The van der Waals surface area contributed by atoms with Gasteiger partial charge in [-0.25, -0.2) is 4.79 Å². The normalized spacial score (nSPS) is 15.5. The maximum atomic E-state index is 14.2.